The van der Waals surface area contributed by atoms with Crippen molar-refractivity contribution in [2.24, 2.45) is 5.10 Å². The number of hydrogen-bond donors (Lipinski definition) is 0. The van der Waals surface area contributed by atoms with Crippen molar-refractivity contribution in [3.63, 3.8) is 0 Å². The highest BCUT2D eigenvalue weighted by atomic mass is 16.3. The number of para-hydroxylation sites is 1. The van der Waals surface area contributed by atoms with Crippen LogP contribution in [0.1, 0.15) is 29.5 Å². The molecule has 1 unspecified atom stereocenters. The molecule has 0 saturated heterocycles. The van der Waals surface area contributed by atoms with Crippen LogP contribution in [0, 0.1) is 6.92 Å². The lowest BCUT2D eigenvalue weighted by molar-refractivity contribution is 0.524. The van der Waals surface area contributed by atoms with Gasteiger partial charge in [0.15, 0.2) is 0 Å². The van der Waals surface area contributed by atoms with Gasteiger partial charge in [0.1, 0.15) is 17.2 Å². The van der Waals surface area contributed by atoms with Crippen LogP contribution < -0.4 is 5.01 Å². The second-order valence-electron chi connectivity index (χ2n) is 5.77. The highest BCUT2D eigenvalue weighted by Crippen LogP contribution is 2.36. The summed E-state index contributed by atoms with van der Waals surface area (Å²) in [6.07, 6.45) is 0.839. The van der Waals surface area contributed by atoms with Crippen molar-refractivity contribution in [2.45, 2.75) is 19.4 Å². The molecule has 114 valence electrons. The van der Waals surface area contributed by atoms with Crippen LogP contribution >= 0.6 is 0 Å². The molecule has 0 amide bonds. The summed E-state index contributed by atoms with van der Waals surface area (Å²) in [5.41, 5.74) is 3.36. The van der Waals surface area contributed by atoms with Gasteiger partial charge >= 0.3 is 0 Å². The standard InChI is InChI=1S/C20H18N2O/c1-15-12-13-20(23-15)18-14-19(16-8-4-2-5-9-16)22(21-18)17-10-6-3-7-11-17/h2-13,19H,14H2,1H3. The molecule has 1 atom stereocenters. The quantitative estimate of drug-likeness (QED) is 0.685. The van der Waals surface area contributed by atoms with E-state index < -0.39 is 0 Å². The Hall–Kier alpha value is -2.81. The molecule has 0 aliphatic carbocycles. The second-order valence-corrected chi connectivity index (χ2v) is 5.77. The zero-order chi connectivity index (χ0) is 15.6. The molecule has 1 aromatic heterocycles. The minimum absolute atomic E-state index is 0.194. The molecule has 0 bridgehead atoms. The minimum atomic E-state index is 0.194. The molecular weight excluding hydrogens is 284 g/mol. The first-order valence-electron chi connectivity index (χ1n) is 7.85. The topological polar surface area (TPSA) is 28.7 Å². The van der Waals surface area contributed by atoms with Gasteiger partial charge in [-0.15, -0.1) is 0 Å². The largest absolute Gasteiger partial charge is 0.460 e. The van der Waals surface area contributed by atoms with Crippen LogP contribution in [-0.2, 0) is 0 Å². The lowest BCUT2D eigenvalue weighted by Gasteiger charge is -2.23. The monoisotopic (exact) mass is 302 g/mol. The molecular formula is C20H18N2O. The van der Waals surface area contributed by atoms with Crippen molar-refractivity contribution in [1.82, 2.24) is 0 Å². The summed E-state index contributed by atoms with van der Waals surface area (Å²) < 4.78 is 5.78. The molecule has 1 aliphatic rings. The molecule has 0 N–H and O–H groups in total. The normalized spacial score (nSPS) is 17.3. The second kappa shape index (κ2) is 5.76. The maximum Gasteiger partial charge on any atom is 0.150 e. The molecule has 23 heavy (non-hydrogen) atoms. The van der Waals surface area contributed by atoms with Gasteiger partial charge < -0.3 is 4.42 Å². The van der Waals surface area contributed by atoms with E-state index in [0.717, 1.165) is 29.3 Å². The third kappa shape index (κ3) is 2.66. The van der Waals surface area contributed by atoms with Crippen LogP contribution in [0.15, 0.2) is 82.3 Å². The lowest BCUT2D eigenvalue weighted by Crippen LogP contribution is -2.18. The van der Waals surface area contributed by atoms with Crippen molar-refractivity contribution in [1.29, 1.82) is 0 Å². The van der Waals surface area contributed by atoms with Crippen LogP contribution in [0.3, 0.4) is 0 Å². The fourth-order valence-electron chi connectivity index (χ4n) is 3.00. The summed E-state index contributed by atoms with van der Waals surface area (Å²) in [5.74, 6) is 1.78. The van der Waals surface area contributed by atoms with Crippen LogP contribution in [0.4, 0.5) is 5.69 Å². The third-order valence-electron chi connectivity index (χ3n) is 4.14. The van der Waals surface area contributed by atoms with E-state index in [-0.39, 0.29) is 6.04 Å². The van der Waals surface area contributed by atoms with E-state index >= 15 is 0 Å². The third-order valence-corrected chi connectivity index (χ3v) is 4.14. The van der Waals surface area contributed by atoms with Gasteiger partial charge in [0.2, 0.25) is 0 Å². The van der Waals surface area contributed by atoms with Crippen LogP contribution in [0.25, 0.3) is 0 Å². The molecule has 0 saturated carbocycles. The van der Waals surface area contributed by atoms with E-state index in [1.54, 1.807) is 0 Å². The van der Waals surface area contributed by atoms with Gasteiger partial charge in [0, 0.05) is 6.42 Å². The van der Waals surface area contributed by atoms with Crippen LogP contribution in [-0.4, -0.2) is 5.71 Å². The summed E-state index contributed by atoms with van der Waals surface area (Å²) in [6, 6.07) is 25.0. The summed E-state index contributed by atoms with van der Waals surface area (Å²) in [6.45, 7) is 1.96. The highest BCUT2D eigenvalue weighted by molar-refractivity contribution is 6.01. The Labute approximate surface area is 135 Å². The zero-order valence-electron chi connectivity index (χ0n) is 13.0. The van der Waals surface area contributed by atoms with Gasteiger partial charge in [0.25, 0.3) is 0 Å². The number of anilines is 1. The Kier molecular flexibility index (Phi) is 3.46. The number of furan rings is 1. The van der Waals surface area contributed by atoms with Crippen molar-refractivity contribution in [3.05, 3.63) is 89.9 Å². The Balaban J connectivity index is 1.75. The zero-order valence-corrected chi connectivity index (χ0v) is 13.0. The molecule has 2 heterocycles. The molecule has 3 nitrogen and oxygen atoms in total. The highest BCUT2D eigenvalue weighted by Gasteiger charge is 2.30. The van der Waals surface area contributed by atoms with E-state index in [0.29, 0.717) is 0 Å². The summed E-state index contributed by atoms with van der Waals surface area (Å²) in [4.78, 5) is 0. The van der Waals surface area contributed by atoms with Crippen molar-refractivity contribution in [2.75, 3.05) is 5.01 Å². The fraction of sp³-hybridized carbons (Fsp3) is 0.150. The van der Waals surface area contributed by atoms with Crippen LogP contribution in [0.2, 0.25) is 0 Å². The van der Waals surface area contributed by atoms with E-state index in [9.17, 15) is 0 Å². The fourth-order valence-corrected chi connectivity index (χ4v) is 3.00. The smallest absolute Gasteiger partial charge is 0.150 e. The average Bonchev–Trinajstić information content (AvgIpc) is 3.23. The number of hydrazone groups is 1. The first kappa shape index (κ1) is 13.8. The van der Waals surface area contributed by atoms with Gasteiger partial charge in [-0.1, -0.05) is 48.5 Å². The number of nitrogens with zero attached hydrogens (tertiary/aromatic N) is 2. The molecule has 1 aliphatic heterocycles. The predicted molar refractivity (Wildman–Crippen MR) is 92.7 cm³/mol. The Morgan fingerprint density at radius 1 is 0.913 bits per heavy atom. The van der Waals surface area contributed by atoms with Gasteiger partial charge in [-0.25, -0.2) is 0 Å². The van der Waals surface area contributed by atoms with Crippen molar-refractivity contribution < 1.29 is 4.42 Å². The maximum atomic E-state index is 5.78. The van der Waals surface area contributed by atoms with Crippen molar-refractivity contribution >= 4 is 11.4 Å². The summed E-state index contributed by atoms with van der Waals surface area (Å²) >= 11 is 0. The Morgan fingerprint density at radius 2 is 1.61 bits per heavy atom. The number of aryl methyl sites for hydroxylation is 1. The molecule has 0 fully saturated rings. The Morgan fingerprint density at radius 3 is 2.26 bits per heavy atom. The van der Waals surface area contributed by atoms with E-state index in [1.807, 2.05) is 43.3 Å². The van der Waals surface area contributed by atoms with Gasteiger partial charge in [0.05, 0.1) is 11.7 Å². The molecule has 3 aromatic rings. The average molecular weight is 302 g/mol. The lowest BCUT2D eigenvalue weighted by atomic mass is 10.0. The molecule has 3 heteroatoms. The predicted octanol–water partition coefficient (Wildman–Crippen LogP) is 4.94. The maximum absolute atomic E-state index is 5.78. The summed E-state index contributed by atoms with van der Waals surface area (Å²) in [7, 11) is 0. The minimum Gasteiger partial charge on any atom is -0.460 e. The molecule has 0 spiro atoms. The van der Waals surface area contributed by atoms with Gasteiger partial charge in [-0.3, -0.25) is 5.01 Å². The Bertz CT molecular complexity index is 821. The van der Waals surface area contributed by atoms with E-state index in [4.69, 9.17) is 9.52 Å². The SMILES string of the molecule is Cc1ccc(C2=NN(c3ccccc3)C(c3ccccc3)C2)o1. The number of rotatable bonds is 3. The summed E-state index contributed by atoms with van der Waals surface area (Å²) in [5, 5.41) is 6.96. The first-order chi connectivity index (χ1) is 11.3. The first-order valence-corrected chi connectivity index (χ1v) is 7.85. The van der Waals surface area contributed by atoms with Crippen molar-refractivity contribution in [3.8, 4) is 0 Å². The van der Waals surface area contributed by atoms with E-state index in [1.165, 1.54) is 5.56 Å². The molecule has 0 radical (unpaired) electrons. The number of hydrogen-bond acceptors (Lipinski definition) is 3. The molecule has 4 rings (SSSR count). The van der Waals surface area contributed by atoms with E-state index in [2.05, 4.69) is 41.4 Å². The molecule has 2 aromatic carbocycles. The number of benzene rings is 2. The van der Waals surface area contributed by atoms with Gasteiger partial charge in [-0.2, -0.15) is 5.10 Å². The van der Waals surface area contributed by atoms with Gasteiger partial charge in [-0.05, 0) is 36.8 Å². The van der Waals surface area contributed by atoms with Crippen LogP contribution in [0.5, 0.6) is 0 Å².